The Labute approximate surface area is 118 Å². The smallest absolute Gasteiger partial charge is 0.319 e. The van der Waals surface area contributed by atoms with Crippen LogP contribution in [0.15, 0.2) is 52.1 Å². The van der Waals surface area contributed by atoms with E-state index in [0.29, 0.717) is 18.4 Å². The summed E-state index contributed by atoms with van der Waals surface area (Å²) in [6.07, 6.45) is 12.7. The predicted molar refractivity (Wildman–Crippen MR) is 74.0 cm³/mol. The van der Waals surface area contributed by atoms with Crippen molar-refractivity contribution in [1.29, 1.82) is 0 Å². The lowest BCUT2D eigenvalue weighted by Gasteiger charge is -2.25. The van der Waals surface area contributed by atoms with Gasteiger partial charge in [0.1, 0.15) is 0 Å². The molecule has 1 heterocycles. The van der Waals surface area contributed by atoms with Crippen LogP contribution >= 0.6 is 0 Å². The second kappa shape index (κ2) is 5.20. The van der Waals surface area contributed by atoms with E-state index in [-0.39, 0.29) is 6.42 Å². The Hall–Kier alpha value is -1.95. The molecule has 1 amide bonds. The van der Waals surface area contributed by atoms with Gasteiger partial charge >= 0.3 is 10.5 Å². The van der Waals surface area contributed by atoms with E-state index >= 15 is 0 Å². The average molecular weight is 290 g/mol. The fourth-order valence-electron chi connectivity index (χ4n) is 3.09. The normalized spacial score (nSPS) is 25.9. The van der Waals surface area contributed by atoms with Crippen molar-refractivity contribution in [3.8, 4) is 0 Å². The van der Waals surface area contributed by atoms with Crippen LogP contribution in [0.4, 0.5) is 0 Å². The van der Waals surface area contributed by atoms with Gasteiger partial charge in [0.05, 0.1) is 0 Å². The zero-order valence-corrected chi connectivity index (χ0v) is 11.6. The summed E-state index contributed by atoms with van der Waals surface area (Å²) in [6, 6.07) is 0. The van der Waals surface area contributed by atoms with E-state index in [4.69, 9.17) is 0 Å². The van der Waals surface area contributed by atoms with Crippen LogP contribution < -0.4 is 0 Å². The van der Waals surface area contributed by atoms with Crippen LogP contribution in [0, 0.1) is 11.8 Å². The summed E-state index contributed by atoms with van der Waals surface area (Å²) in [5.74, 6) is 0.226. The van der Waals surface area contributed by atoms with Crippen molar-refractivity contribution in [3.63, 3.8) is 0 Å². The summed E-state index contributed by atoms with van der Waals surface area (Å²) < 4.78 is 23.7. The van der Waals surface area contributed by atoms with Gasteiger partial charge in [-0.15, -0.1) is 0 Å². The molecule has 5 nitrogen and oxygen atoms in total. The van der Waals surface area contributed by atoms with Crippen molar-refractivity contribution in [2.24, 2.45) is 16.2 Å². The monoisotopic (exact) mass is 290 g/mol. The molecule has 0 bridgehead atoms. The van der Waals surface area contributed by atoms with Gasteiger partial charge in [-0.2, -0.15) is 8.42 Å². The molecule has 2 atom stereocenters. The summed E-state index contributed by atoms with van der Waals surface area (Å²) >= 11 is 0. The lowest BCUT2D eigenvalue weighted by atomic mass is 9.81. The minimum atomic E-state index is -2.65. The lowest BCUT2D eigenvalue weighted by molar-refractivity contribution is -0.117. The van der Waals surface area contributed by atoms with Crippen molar-refractivity contribution < 1.29 is 13.2 Å². The van der Waals surface area contributed by atoms with Crippen molar-refractivity contribution in [1.82, 2.24) is 4.90 Å². The molecule has 3 aliphatic rings. The molecule has 104 valence electrons. The molecular weight excluding hydrogens is 276 g/mol. The minimum absolute atomic E-state index is 0.122. The van der Waals surface area contributed by atoms with E-state index in [1.807, 2.05) is 6.08 Å². The molecule has 0 N–H and O–H groups in total. The standard InChI is InChI=1S/C14H14N2O3S/c17-13(15-20(18)19)7-8-16-9-11-5-1-3-10-4-2-6-12(16)14(10)11/h1-6,11,14H,7-9H2. The van der Waals surface area contributed by atoms with Gasteiger partial charge in [-0.1, -0.05) is 34.7 Å². The molecule has 0 saturated carbocycles. The first-order valence-corrected chi connectivity index (χ1v) is 7.54. The molecule has 0 radical (unpaired) electrons. The van der Waals surface area contributed by atoms with Crippen molar-refractivity contribution >= 4 is 16.4 Å². The molecule has 0 aromatic carbocycles. The maximum absolute atomic E-state index is 11.4. The number of rotatable bonds is 3. The first-order chi connectivity index (χ1) is 9.65. The summed E-state index contributed by atoms with van der Waals surface area (Å²) in [6.45, 7) is 1.37. The topological polar surface area (TPSA) is 66.8 Å². The number of carbonyl (C=O) groups excluding carboxylic acids is 1. The minimum Gasteiger partial charge on any atom is -0.373 e. The quantitative estimate of drug-likeness (QED) is 0.789. The van der Waals surface area contributed by atoms with Gasteiger partial charge in [-0.05, 0) is 11.6 Å². The highest BCUT2D eigenvalue weighted by atomic mass is 32.2. The van der Waals surface area contributed by atoms with Crippen molar-refractivity contribution in [3.05, 3.63) is 47.7 Å². The van der Waals surface area contributed by atoms with E-state index in [9.17, 15) is 13.2 Å². The van der Waals surface area contributed by atoms with Gasteiger partial charge in [-0.3, -0.25) is 4.79 Å². The molecule has 1 saturated heterocycles. The largest absolute Gasteiger partial charge is 0.373 e. The summed E-state index contributed by atoms with van der Waals surface area (Å²) in [5.41, 5.74) is 2.51. The Bertz CT molecular complexity index is 690. The first-order valence-electron chi connectivity index (χ1n) is 6.50. The number of hydrogen-bond acceptors (Lipinski definition) is 4. The van der Waals surface area contributed by atoms with Crippen molar-refractivity contribution in [2.45, 2.75) is 6.42 Å². The zero-order chi connectivity index (χ0) is 14.1. The third-order valence-electron chi connectivity index (χ3n) is 3.88. The van der Waals surface area contributed by atoms with E-state index < -0.39 is 16.4 Å². The Morgan fingerprint density at radius 2 is 2.20 bits per heavy atom. The summed E-state index contributed by atoms with van der Waals surface area (Å²) in [7, 11) is -2.65. The fraction of sp³-hybridized carbons (Fsp3) is 0.357. The zero-order valence-electron chi connectivity index (χ0n) is 10.8. The number of carbonyl (C=O) groups is 1. The number of amides is 1. The van der Waals surface area contributed by atoms with Gasteiger partial charge in [0.25, 0.3) is 5.91 Å². The third kappa shape index (κ3) is 2.38. The second-order valence-corrected chi connectivity index (χ2v) is 5.66. The van der Waals surface area contributed by atoms with Crippen LogP contribution in [-0.2, 0) is 15.3 Å². The van der Waals surface area contributed by atoms with Gasteiger partial charge in [0.15, 0.2) is 0 Å². The molecule has 2 unspecified atom stereocenters. The second-order valence-electron chi connectivity index (χ2n) is 5.04. The number of likely N-dealkylation sites (tertiary alicyclic amines) is 1. The van der Waals surface area contributed by atoms with Crippen molar-refractivity contribution in [2.75, 3.05) is 13.1 Å². The van der Waals surface area contributed by atoms with Gasteiger partial charge in [0.2, 0.25) is 0 Å². The number of allylic oxidation sites excluding steroid dienone is 6. The maximum atomic E-state index is 11.4. The number of nitrogens with zero attached hydrogens (tertiary/aromatic N) is 2. The molecule has 1 aliphatic heterocycles. The van der Waals surface area contributed by atoms with Crippen LogP contribution in [-0.4, -0.2) is 32.3 Å². The molecule has 20 heavy (non-hydrogen) atoms. The average Bonchev–Trinajstić information content (AvgIpc) is 2.77. The van der Waals surface area contributed by atoms with Crippen LogP contribution in [0.3, 0.4) is 0 Å². The SMILES string of the molecule is O=C(CCN1CC2C=CC=C3C=CC=C1C32)N=S(=O)=O. The molecule has 6 heteroatoms. The molecule has 3 rings (SSSR count). The van der Waals surface area contributed by atoms with E-state index in [1.54, 1.807) is 0 Å². The van der Waals surface area contributed by atoms with Crippen LogP contribution in [0.25, 0.3) is 0 Å². The molecule has 2 aliphatic carbocycles. The van der Waals surface area contributed by atoms with Gasteiger partial charge < -0.3 is 4.90 Å². The Morgan fingerprint density at radius 3 is 3.00 bits per heavy atom. The molecule has 0 aromatic rings. The summed E-state index contributed by atoms with van der Waals surface area (Å²) in [5, 5.41) is 0. The van der Waals surface area contributed by atoms with Crippen LogP contribution in [0.5, 0.6) is 0 Å². The van der Waals surface area contributed by atoms with Gasteiger partial charge in [-0.25, -0.2) is 0 Å². The van der Waals surface area contributed by atoms with E-state index in [1.165, 1.54) is 11.3 Å². The Balaban J connectivity index is 1.74. The highest BCUT2D eigenvalue weighted by Crippen LogP contribution is 2.43. The predicted octanol–water partition coefficient (Wildman–Crippen LogP) is 1.46. The highest BCUT2D eigenvalue weighted by Gasteiger charge is 2.38. The summed E-state index contributed by atoms with van der Waals surface area (Å²) in [4.78, 5) is 13.5. The fourth-order valence-corrected chi connectivity index (χ4v) is 3.35. The Kier molecular flexibility index (Phi) is 3.40. The molecule has 0 spiro atoms. The molecule has 1 fully saturated rings. The molecule has 0 aromatic heterocycles. The maximum Gasteiger partial charge on any atom is 0.319 e. The lowest BCUT2D eigenvalue weighted by Crippen LogP contribution is -2.23. The third-order valence-corrected chi connectivity index (χ3v) is 4.23. The first kappa shape index (κ1) is 13.1. The highest BCUT2D eigenvalue weighted by molar-refractivity contribution is 7.62. The molecular formula is C14H14N2O3S. The number of hydrogen-bond donors (Lipinski definition) is 0. The van der Waals surface area contributed by atoms with Gasteiger partial charge in [0, 0.05) is 37.0 Å². The van der Waals surface area contributed by atoms with E-state index in [2.05, 4.69) is 39.6 Å². The Morgan fingerprint density at radius 1 is 1.35 bits per heavy atom. The van der Waals surface area contributed by atoms with E-state index in [0.717, 1.165) is 6.54 Å². The van der Waals surface area contributed by atoms with Crippen LogP contribution in [0.2, 0.25) is 0 Å². The van der Waals surface area contributed by atoms with Crippen LogP contribution in [0.1, 0.15) is 6.42 Å².